The lowest BCUT2D eigenvalue weighted by atomic mass is 9.90. The fraction of sp³-hybridized carbons (Fsp3) is 0.500. The van der Waals surface area contributed by atoms with Crippen molar-refractivity contribution in [2.75, 3.05) is 19.6 Å². The number of aryl methyl sites for hydroxylation is 1. The van der Waals surface area contributed by atoms with Crippen LogP contribution in [-0.2, 0) is 17.8 Å². The standard InChI is InChI=1S/C20H28ClFN4O/c1-5-25(6-2)9-10-26-14(4)19(13(3)24-26)17(20(23)27)11-15-7-8-16(22)12-18(15)21/h7-8,12,17H,5-6,9-11H2,1-4H3,(H2,23,27). The van der Waals surface area contributed by atoms with E-state index >= 15 is 0 Å². The minimum absolute atomic E-state index is 0.297. The van der Waals surface area contributed by atoms with Crippen molar-refractivity contribution in [3.63, 3.8) is 0 Å². The molecule has 0 radical (unpaired) electrons. The number of hydrogen-bond acceptors (Lipinski definition) is 3. The van der Waals surface area contributed by atoms with Gasteiger partial charge in [0.15, 0.2) is 0 Å². The minimum atomic E-state index is -0.560. The topological polar surface area (TPSA) is 64.2 Å². The number of halogens is 2. The Morgan fingerprint density at radius 2 is 2.00 bits per heavy atom. The number of benzene rings is 1. The summed E-state index contributed by atoms with van der Waals surface area (Å²) in [7, 11) is 0. The van der Waals surface area contributed by atoms with Gasteiger partial charge in [-0.25, -0.2) is 4.39 Å². The largest absolute Gasteiger partial charge is 0.369 e. The van der Waals surface area contributed by atoms with E-state index in [-0.39, 0.29) is 0 Å². The molecule has 0 saturated carbocycles. The zero-order valence-corrected chi connectivity index (χ0v) is 17.2. The van der Waals surface area contributed by atoms with E-state index in [4.69, 9.17) is 17.3 Å². The molecule has 1 atom stereocenters. The van der Waals surface area contributed by atoms with Crippen LogP contribution in [0, 0.1) is 19.7 Å². The number of aromatic nitrogens is 2. The first kappa shape index (κ1) is 21.4. The van der Waals surface area contributed by atoms with E-state index in [1.807, 2.05) is 18.5 Å². The van der Waals surface area contributed by atoms with E-state index in [9.17, 15) is 9.18 Å². The van der Waals surface area contributed by atoms with Crippen LogP contribution in [0.5, 0.6) is 0 Å². The lowest BCUT2D eigenvalue weighted by Crippen LogP contribution is -2.28. The van der Waals surface area contributed by atoms with Crippen molar-refractivity contribution >= 4 is 17.5 Å². The average molecular weight is 395 g/mol. The van der Waals surface area contributed by atoms with Crippen LogP contribution >= 0.6 is 11.6 Å². The summed E-state index contributed by atoms with van der Waals surface area (Å²) in [4.78, 5) is 14.5. The molecule has 5 nitrogen and oxygen atoms in total. The van der Waals surface area contributed by atoms with Gasteiger partial charge in [0.2, 0.25) is 5.91 Å². The van der Waals surface area contributed by atoms with Crippen molar-refractivity contribution in [2.45, 2.75) is 46.6 Å². The lowest BCUT2D eigenvalue weighted by molar-refractivity contribution is -0.119. The van der Waals surface area contributed by atoms with E-state index in [1.54, 1.807) is 6.07 Å². The van der Waals surface area contributed by atoms with Crippen molar-refractivity contribution in [1.82, 2.24) is 14.7 Å². The second-order valence-electron chi connectivity index (χ2n) is 6.73. The molecule has 0 aliphatic carbocycles. The molecule has 148 valence electrons. The van der Waals surface area contributed by atoms with Crippen LogP contribution in [0.2, 0.25) is 5.02 Å². The van der Waals surface area contributed by atoms with Gasteiger partial charge in [-0.1, -0.05) is 31.5 Å². The molecule has 0 spiro atoms. The Bertz CT molecular complexity index is 802. The molecule has 1 aromatic heterocycles. The summed E-state index contributed by atoms with van der Waals surface area (Å²) in [5.74, 6) is -1.41. The number of primary amides is 1. The molecular formula is C20H28ClFN4O. The Balaban J connectivity index is 2.30. The van der Waals surface area contributed by atoms with Crippen LogP contribution in [0.15, 0.2) is 18.2 Å². The fourth-order valence-electron chi connectivity index (χ4n) is 3.46. The Morgan fingerprint density at radius 3 is 2.56 bits per heavy atom. The first-order chi connectivity index (χ1) is 12.8. The molecule has 27 heavy (non-hydrogen) atoms. The van der Waals surface area contributed by atoms with Crippen LogP contribution in [0.4, 0.5) is 4.39 Å². The summed E-state index contributed by atoms with van der Waals surface area (Å²) in [6.07, 6.45) is 0.317. The summed E-state index contributed by atoms with van der Waals surface area (Å²) in [5, 5.41) is 4.92. The van der Waals surface area contributed by atoms with E-state index in [2.05, 4.69) is 23.8 Å². The van der Waals surface area contributed by atoms with Crippen molar-refractivity contribution in [2.24, 2.45) is 5.73 Å². The van der Waals surface area contributed by atoms with Crippen molar-refractivity contribution in [3.05, 3.63) is 51.6 Å². The normalized spacial score (nSPS) is 12.6. The van der Waals surface area contributed by atoms with E-state index < -0.39 is 17.6 Å². The molecule has 2 rings (SSSR count). The zero-order chi connectivity index (χ0) is 20.1. The molecule has 0 fully saturated rings. The van der Waals surface area contributed by atoms with Gasteiger partial charge in [-0.05, 0) is 51.1 Å². The third kappa shape index (κ3) is 5.08. The number of amides is 1. The third-order valence-corrected chi connectivity index (χ3v) is 5.44. The zero-order valence-electron chi connectivity index (χ0n) is 16.4. The van der Waals surface area contributed by atoms with Crippen LogP contribution < -0.4 is 5.73 Å². The molecule has 0 aliphatic rings. The lowest BCUT2D eigenvalue weighted by Gasteiger charge is -2.19. The molecule has 0 saturated heterocycles. The number of carbonyl (C=O) groups is 1. The second-order valence-corrected chi connectivity index (χ2v) is 7.14. The Kier molecular flexibility index (Phi) is 7.39. The SMILES string of the molecule is CCN(CC)CCn1nc(C)c(C(Cc2ccc(F)cc2Cl)C(N)=O)c1C. The van der Waals surface area contributed by atoms with Gasteiger partial charge < -0.3 is 10.6 Å². The quantitative estimate of drug-likeness (QED) is 0.708. The molecule has 1 unspecified atom stereocenters. The summed E-state index contributed by atoms with van der Waals surface area (Å²) < 4.78 is 15.2. The molecule has 0 aliphatic heterocycles. The molecule has 2 aromatic rings. The Morgan fingerprint density at radius 1 is 1.33 bits per heavy atom. The number of rotatable bonds is 9. The van der Waals surface area contributed by atoms with Gasteiger partial charge in [-0.3, -0.25) is 9.48 Å². The summed E-state index contributed by atoms with van der Waals surface area (Å²) in [6.45, 7) is 11.7. The molecule has 2 N–H and O–H groups in total. The number of carbonyl (C=O) groups excluding carboxylic acids is 1. The maximum absolute atomic E-state index is 13.3. The Hall–Kier alpha value is -1.92. The number of nitrogens with two attached hydrogens (primary N) is 1. The predicted molar refractivity (Wildman–Crippen MR) is 107 cm³/mol. The van der Waals surface area contributed by atoms with E-state index in [0.29, 0.717) is 17.0 Å². The molecule has 7 heteroatoms. The van der Waals surface area contributed by atoms with Crippen molar-refractivity contribution in [1.29, 1.82) is 0 Å². The highest BCUT2D eigenvalue weighted by molar-refractivity contribution is 6.31. The highest BCUT2D eigenvalue weighted by atomic mass is 35.5. The first-order valence-corrected chi connectivity index (χ1v) is 9.65. The highest BCUT2D eigenvalue weighted by Crippen LogP contribution is 2.29. The maximum atomic E-state index is 13.3. The van der Waals surface area contributed by atoms with Crippen molar-refractivity contribution < 1.29 is 9.18 Å². The monoisotopic (exact) mass is 394 g/mol. The molecule has 0 bridgehead atoms. The first-order valence-electron chi connectivity index (χ1n) is 9.27. The van der Waals surface area contributed by atoms with Crippen LogP contribution in [0.1, 0.15) is 42.3 Å². The summed E-state index contributed by atoms with van der Waals surface area (Å²) in [6, 6.07) is 4.19. The fourth-order valence-corrected chi connectivity index (χ4v) is 3.71. The smallest absolute Gasteiger partial charge is 0.225 e. The molecule has 1 amide bonds. The maximum Gasteiger partial charge on any atom is 0.225 e. The number of nitrogens with zero attached hydrogens (tertiary/aromatic N) is 3. The molecule has 1 heterocycles. The van der Waals surface area contributed by atoms with Gasteiger partial charge in [0.1, 0.15) is 5.82 Å². The second kappa shape index (κ2) is 9.33. The average Bonchev–Trinajstić information content (AvgIpc) is 2.89. The van der Waals surface area contributed by atoms with Crippen LogP contribution in [-0.4, -0.2) is 40.2 Å². The molecular weight excluding hydrogens is 367 g/mol. The van der Waals surface area contributed by atoms with Crippen LogP contribution in [0.25, 0.3) is 0 Å². The number of hydrogen-bond donors (Lipinski definition) is 1. The predicted octanol–water partition coefficient (Wildman–Crippen LogP) is 3.45. The van der Waals surface area contributed by atoms with Gasteiger partial charge in [0, 0.05) is 22.8 Å². The van der Waals surface area contributed by atoms with Gasteiger partial charge in [-0.15, -0.1) is 0 Å². The van der Waals surface area contributed by atoms with E-state index in [1.165, 1.54) is 12.1 Å². The third-order valence-electron chi connectivity index (χ3n) is 5.09. The Labute approximate surface area is 165 Å². The highest BCUT2D eigenvalue weighted by Gasteiger charge is 2.26. The molecule has 1 aromatic carbocycles. The van der Waals surface area contributed by atoms with Gasteiger partial charge in [0.25, 0.3) is 0 Å². The van der Waals surface area contributed by atoms with E-state index in [0.717, 1.165) is 43.1 Å². The van der Waals surface area contributed by atoms with Gasteiger partial charge >= 0.3 is 0 Å². The minimum Gasteiger partial charge on any atom is -0.369 e. The van der Waals surface area contributed by atoms with Crippen LogP contribution in [0.3, 0.4) is 0 Å². The van der Waals surface area contributed by atoms with Crippen molar-refractivity contribution in [3.8, 4) is 0 Å². The van der Waals surface area contributed by atoms with Gasteiger partial charge in [-0.2, -0.15) is 5.10 Å². The number of likely N-dealkylation sites (N-methyl/N-ethyl adjacent to an activating group) is 1. The van der Waals surface area contributed by atoms with Gasteiger partial charge in [0.05, 0.1) is 18.2 Å². The summed E-state index contributed by atoms with van der Waals surface area (Å²) in [5.41, 5.74) is 8.95. The summed E-state index contributed by atoms with van der Waals surface area (Å²) >= 11 is 6.15.